The van der Waals surface area contributed by atoms with Crippen LogP contribution in [0.3, 0.4) is 0 Å². The lowest BCUT2D eigenvalue weighted by Gasteiger charge is -2.17. The van der Waals surface area contributed by atoms with Gasteiger partial charge >= 0.3 is 12.0 Å². The number of carboxylic acid groups (broad SMARTS) is 1. The Bertz CT molecular complexity index is 515. The SMILES string of the molecule is CN(CC1CC1)C(=O)Nc1cc(Cl)cc(C(=O)O)c1. The molecule has 0 spiro atoms. The van der Waals surface area contributed by atoms with E-state index >= 15 is 0 Å². The molecule has 1 saturated carbocycles. The Labute approximate surface area is 116 Å². The Morgan fingerprint density at radius 3 is 2.68 bits per heavy atom. The molecule has 6 heteroatoms. The number of carboxylic acids is 1. The summed E-state index contributed by atoms with van der Waals surface area (Å²) < 4.78 is 0. The van der Waals surface area contributed by atoms with Crippen LogP contribution in [0.2, 0.25) is 5.02 Å². The number of amides is 2. The van der Waals surface area contributed by atoms with Gasteiger partial charge in [-0.05, 0) is 37.0 Å². The van der Waals surface area contributed by atoms with Crippen LogP contribution in [0.25, 0.3) is 0 Å². The lowest BCUT2D eigenvalue weighted by Crippen LogP contribution is -2.32. The van der Waals surface area contributed by atoms with Gasteiger partial charge in [0.1, 0.15) is 0 Å². The van der Waals surface area contributed by atoms with Crippen LogP contribution in [-0.2, 0) is 0 Å². The molecule has 0 radical (unpaired) electrons. The minimum atomic E-state index is -1.08. The van der Waals surface area contributed by atoms with Gasteiger partial charge in [0.15, 0.2) is 0 Å². The van der Waals surface area contributed by atoms with E-state index in [1.807, 2.05) is 0 Å². The fourth-order valence-corrected chi connectivity index (χ4v) is 2.01. The van der Waals surface area contributed by atoms with Crippen LogP contribution < -0.4 is 5.32 Å². The first-order chi connectivity index (χ1) is 8.95. The van der Waals surface area contributed by atoms with Crippen molar-refractivity contribution in [3.8, 4) is 0 Å². The van der Waals surface area contributed by atoms with Gasteiger partial charge in [-0.3, -0.25) is 0 Å². The van der Waals surface area contributed by atoms with Crippen molar-refractivity contribution in [1.29, 1.82) is 0 Å². The number of rotatable bonds is 4. The van der Waals surface area contributed by atoms with Gasteiger partial charge in [-0.25, -0.2) is 9.59 Å². The zero-order chi connectivity index (χ0) is 14.0. The van der Waals surface area contributed by atoms with Gasteiger partial charge in [0.25, 0.3) is 0 Å². The number of urea groups is 1. The van der Waals surface area contributed by atoms with E-state index in [0.29, 0.717) is 11.6 Å². The van der Waals surface area contributed by atoms with E-state index < -0.39 is 5.97 Å². The number of nitrogens with zero attached hydrogens (tertiary/aromatic N) is 1. The summed E-state index contributed by atoms with van der Waals surface area (Å²) in [7, 11) is 1.72. The van der Waals surface area contributed by atoms with Crippen LogP contribution in [0.1, 0.15) is 23.2 Å². The molecule has 0 atom stereocenters. The molecule has 19 heavy (non-hydrogen) atoms. The fraction of sp³-hybridized carbons (Fsp3) is 0.385. The van der Waals surface area contributed by atoms with Crippen molar-refractivity contribution in [3.05, 3.63) is 28.8 Å². The molecule has 0 aliphatic heterocycles. The Balaban J connectivity index is 2.04. The van der Waals surface area contributed by atoms with Crippen molar-refractivity contribution >= 4 is 29.3 Å². The molecule has 0 aromatic heterocycles. The molecule has 102 valence electrons. The zero-order valence-corrected chi connectivity index (χ0v) is 11.3. The highest BCUT2D eigenvalue weighted by Crippen LogP contribution is 2.29. The van der Waals surface area contributed by atoms with Crippen molar-refractivity contribution in [2.24, 2.45) is 5.92 Å². The molecule has 0 saturated heterocycles. The number of benzene rings is 1. The van der Waals surface area contributed by atoms with Gasteiger partial charge < -0.3 is 15.3 Å². The maximum absolute atomic E-state index is 11.9. The Morgan fingerprint density at radius 2 is 2.11 bits per heavy atom. The molecule has 5 nitrogen and oxygen atoms in total. The minimum absolute atomic E-state index is 0.0487. The number of halogens is 1. The highest BCUT2D eigenvalue weighted by Gasteiger charge is 2.24. The summed E-state index contributed by atoms with van der Waals surface area (Å²) in [5, 5.41) is 11.9. The number of anilines is 1. The number of hydrogen-bond acceptors (Lipinski definition) is 2. The van der Waals surface area contributed by atoms with E-state index in [-0.39, 0.29) is 16.6 Å². The van der Waals surface area contributed by atoms with Gasteiger partial charge in [0.2, 0.25) is 0 Å². The molecule has 0 bridgehead atoms. The van der Waals surface area contributed by atoms with Gasteiger partial charge in [0.05, 0.1) is 5.56 Å². The standard InChI is InChI=1S/C13H15ClN2O3/c1-16(7-8-2-3-8)13(19)15-11-5-9(12(17)18)4-10(14)6-11/h4-6,8H,2-3,7H2,1H3,(H,15,19)(H,17,18). The third-order valence-electron chi connectivity index (χ3n) is 2.97. The maximum atomic E-state index is 11.9. The molecule has 1 aromatic rings. The summed E-state index contributed by atoms with van der Waals surface area (Å²) in [6.45, 7) is 0.720. The van der Waals surface area contributed by atoms with E-state index in [9.17, 15) is 9.59 Å². The molecule has 1 aliphatic carbocycles. The Hall–Kier alpha value is -1.75. The maximum Gasteiger partial charge on any atom is 0.335 e. The van der Waals surface area contributed by atoms with Gasteiger partial charge in [0, 0.05) is 24.3 Å². The number of carbonyl (C=O) groups excluding carboxylic acids is 1. The lowest BCUT2D eigenvalue weighted by molar-refractivity contribution is 0.0697. The summed E-state index contributed by atoms with van der Waals surface area (Å²) in [5.74, 6) is -0.478. The third-order valence-corrected chi connectivity index (χ3v) is 3.19. The van der Waals surface area contributed by atoms with E-state index in [1.54, 1.807) is 11.9 Å². The number of carbonyl (C=O) groups is 2. The molecule has 2 N–H and O–H groups in total. The Morgan fingerprint density at radius 1 is 1.42 bits per heavy atom. The minimum Gasteiger partial charge on any atom is -0.478 e. The van der Waals surface area contributed by atoms with Crippen LogP contribution in [-0.4, -0.2) is 35.6 Å². The molecule has 0 unspecified atom stereocenters. The summed E-state index contributed by atoms with van der Waals surface area (Å²) >= 11 is 5.82. The summed E-state index contributed by atoms with van der Waals surface area (Å²) in [6.07, 6.45) is 2.33. The fourth-order valence-electron chi connectivity index (χ4n) is 1.77. The number of nitrogens with one attached hydrogen (secondary N) is 1. The molecule has 1 aliphatic rings. The highest BCUT2D eigenvalue weighted by atomic mass is 35.5. The zero-order valence-electron chi connectivity index (χ0n) is 10.5. The quantitative estimate of drug-likeness (QED) is 0.892. The second-order valence-electron chi connectivity index (χ2n) is 4.79. The predicted octanol–water partition coefficient (Wildman–Crippen LogP) is 2.91. The average molecular weight is 283 g/mol. The molecule has 1 aromatic carbocycles. The smallest absolute Gasteiger partial charge is 0.335 e. The first-order valence-corrected chi connectivity index (χ1v) is 6.39. The second-order valence-corrected chi connectivity index (χ2v) is 5.22. The van der Waals surface area contributed by atoms with E-state index in [4.69, 9.17) is 16.7 Å². The molecule has 2 amide bonds. The van der Waals surface area contributed by atoms with E-state index in [1.165, 1.54) is 18.2 Å². The van der Waals surface area contributed by atoms with E-state index in [0.717, 1.165) is 19.4 Å². The summed E-state index contributed by atoms with van der Waals surface area (Å²) in [4.78, 5) is 24.4. The highest BCUT2D eigenvalue weighted by molar-refractivity contribution is 6.31. The normalized spacial score (nSPS) is 14.0. The monoisotopic (exact) mass is 282 g/mol. The molecular formula is C13H15ClN2O3. The molecule has 0 heterocycles. The van der Waals surface area contributed by atoms with Gasteiger partial charge in [-0.1, -0.05) is 11.6 Å². The van der Waals surface area contributed by atoms with Gasteiger partial charge in [-0.15, -0.1) is 0 Å². The molecular weight excluding hydrogens is 268 g/mol. The van der Waals surface area contributed by atoms with E-state index in [2.05, 4.69) is 5.32 Å². The summed E-state index contributed by atoms with van der Waals surface area (Å²) in [6, 6.07) is 3.99. The van der Waals surface area contributed by atoms with Crippen LogP contribution >= 0.6 is 11.6 Å². The first kappa shape index (κ1) is 13.7. The van der Waals surface area contributed by atoms with Crippen molar-refractivity contribution in [2.45, 2.75) is 12.8 Å². The van der Waals surface area contributed by atoms with Crippen molar-refractivity contribution in [2.75, 3.05) is 18.9 Å². The predicted molar refractivity (Wildman–Crippen MR) is 72.8 cm³/mol. The number of aromatic carboxylic acids is 1. The largest absolute Gasteiger partial charge is 0.478 e. The molecule has 2 rings (SSSR count). The second kappa shape index (κ2) is 5.48. The Kier molecular flexibility index (Phi) is 3.95. The number of hydrogen-bond donors (Lipinski definition) is 2. The van der Waals surface area contributed by atoms with Crippen LogP contribution in [0.5, 0.6) is 0 Å². The van der Waals surface area contributed by atoms with Crippen molar-refractivity contribution in [3.63, 3.8) is 0 Å². The molecule has 1 fully saturated rings. The third kappa shape index (κ3) is 3.86. The lowest BCUT2D eigenvalue weighted by atomic mass is 10.2. The topological polar surface area (TPSA) is 69.6 Å². The average Bonchev–Trinajstić information content (AvgIpc) is 3.11. The van der Waals surface area contributed by atoms with Crippen molar-refractivity contribution in [1.82, 2.24) is 4.90 Å². The van der Waals surface area contributed by atoms with Gasteiger partial charge in [-0.2, -0.15) is 0 Å². The van der Waals surface area contributed by atoms with Crippen LogP contribution in [0, 0.1) is 5.92 Å². The van der Waals surface area contributed by atoms with Crippen molar-refractivity contribution < 1.29 is 14.7 Å². The van der Waals surface area contributed by atoms with Crippen LogP contribution in [0.4, 0.5) is 10.5 Å². The summed E-state index contributed by atoms with van der Waals surface area (Å²) in [5.41, 5.74) is 0.435. The first-order valence-electron chi connectivity index (χ1n) is 6.01. The van der Waals surface area contributed by atoms with Crippen LogP contribution in [0.15, 0.2) is 18.2 Å².